The van der Waals surface area contributed by atoms with Crippen LogP contribution in [0.4, 0.5) is 0 Å². The number of hydrogen-bond acceptors (Lipinski definition) is 5. The summed E-state index contributed by atoms with van der Waals surface area (Å²) in [4.78, 5) is 2.45. The Bertz CT molecular complexity index is 860. The molecule has 1 aliphatic rings. The first-order valence-corrected chi connectivity index (χ1v) is 10.8. The maximum atomic E-state index is 12.9. The molecule has 2 aromatic carbocycles. The zero-order chi connectivity index (χ0) is 19.4. The van der Waals surface area contributed by atoms with Crippen molar-refractivity contribution in [2.75, 3.05) is 19.7 Å². The molecule has 5 nitrogen and oxygen atoms in total. The molecular weight excluding hydrogens is 362 g/mol. The van der Waals surface area contributed by atoms with Crippen LogP contribution in [-0.2, 0) is 14.3 Å². The second kappa shape index (κ2) is 8.42. The van der Waals surface area contributed by atoms with Crippen molar-refractivity contribution in [2.45, 2.75) is 44.2 Å². The van der Waals surface area contributed by atoms with Crippen LogP contribution in [0.25, 0.3) is 0 Å². The average Bonchev–Trinajstić information content (AvgIpc) is 2.83. The molecular formula is C21H27NO4S. The monoisotopic (exact) mass is 389 g/mol. The highest BCUT2D eigenvalue weighted by Gasteiger charge is 2.32. The van der Waals surface area contributed by atoms with Crippen LogP contribution in [0, 0.1) is 6.92 Å². The predicted octanol–water partition coefficient (Wildman–Crippen LogP) is 3.93. The van der Waals surface area contributed by atoms with Gasteiger partial charge in [0.05, 0.1) is 4.90 Å². The van der Waals surface area contributed by atoms with E-state index in [1.807, 2.05) is 31.2 Å². The minimum atomic E-state index is -3.87. The normalized spacial score (nSPS) is 20.0. The molecule has 0 fully saturated rings. The van der Waals surface area contributed by atoms with Gasteiger partial charge in [0.2, 0.25) is 0 Å². The lowest BCUT2D eigenvalue weighted by Crippen LogP contribution is -2.39. The largest absolute Gasteiger partial charge is 0.492 e. The molecule has 2 aromatic rings. The predicted molar refractivity (Wildman–Crippen MR) is 105 cm³/mol. The van der Waals surface area contributed by atoms with Crippen molar-refractivity contribution in [1.29, 1.82) is 0 Å². The van der Waals surface area contributed by atoms with Gasteiger partial charge in [0.15, 0.2) is 0 Å². The number of hydrogen-bond donors (Lipinski definition) is 0. The Kier molecular flexibility index (Phi) is 6.19. The van der Waals surface area contributed by atoms with E-state index in [0.29, 0.717) is 18.8 Å². The number of likely N-dealkylation sites (N-methyl/N-ethyl adjacent to an activating group) is 1. The maximum absolute atomic E-state index is 12.9. The Morgan fingerprint density at radius 1 is 1.07 bits per heavy atom. The van der Waals surface area contributed by atoms with Crippen LogP contribution in [0.5, 0.6) is 5.75 Å². The number of rotatable bonds is 6. The van der Waals surface area contributed by atoms with E-state index in [1.165, 1.54) is 0 Å². The minimum Gasteiger partial charge on any atom is -0.492 e. The molecule has 0 aliphatic carbocycles. The zero-order valence-corrected chi connectivity index (χ0v) is 16.9. The van der Waals surface area contributed by atoms with E-state index in [0.717, 1.165) is 24.2 Å². The molecule has 0 saturated carbocycles. The van der Waals surface area contributed by atoms with Crippen LogP contribution in [0.3, 0.4) is 0 Å². The number of aryl methyl sites for hydroxylation is 1. The third-order valence-corrected chi connectivity index (χ3v) is 6.40. The number of fused-ring (bicyclic) bond motifs is 1. The van der Waals surface area contributed by atoms with Crippen molar-refractivity contribution in [3.05, 3.63) is 59.7 Å². The van der Waals surface area contributed by atoms with Gasteiger partial charge in [-0.2, -0.15) is 8.42 Å². The average molecular weight is 390 g/mol. The fourth-order valence-corrected chi connectivity index (χ4v) is 4.57. The lowest BCUT2D eigenvalue weighted by Gasteiger charge is -2.29. The van der Waals surface area contributed by atoms with Crippen LogP contribution < -0.4 is 4.74 Å². The summed E-state index contributed by atoms with van der Waals surface area (Å²) in [6.07, 6.45) is -0.0235. The molecule has 0 unspecified atom stereocenters. The summed E-state index contributed by atoms with van der Waals surface area (Å²) in [7, 11) is -3.87. The van der Waals surface area contributed by atoms with E-state index in [2.05, 4.69) is 18.7 Å². The smallest absolute Gasteiger partial charge is 0.297 e. The zero-order valence-electron chi connectivity index (χ0n) is 16.1. The van der Waals surface area contributed by atoms with Gasteiger partial charge in [-0.05, 0) is 44.6 Å². The van der Waals surface area contributed by atoms with Crippen LogP contribution in [0.15, 0.2) is 53.4 Å². The molecule has 27 heavy (non-hydrogen) atoms. The van der Waals surface area contributed by atoms with Gasteiger partial charge in [-0.1, -0.05) is 49.7 Å². The van der Waals surface area contributed by atoms with Crippen molar-refractivity contribution in [2.24, 2.45) is 0 Å². The first-order valence-electron chi connectivity index (χ1n) is 9.40. The van der Waals surface area contributed by atoms with Gasteiger partial charge >= 0.3 is 0 Å². The number of nitrogens with zero attached hydrogens (tertiary/aromatic N) is 1. The highest BCUT2D eigenvalue weighted by atomic mass is 32.2. The Morgan fingerprint density at radius 2 is 1.74 bits per heavy atom. The molecule has 1 heterocycles. The molecule has 6 heteroatoms. The summed E-state index contributed by atoms with van der Waals surface area (Å²) in [5, 5.41) is 0. The van der Waals surface area contributed by atoms with Gasteiger partial charge in [0.25, 0.3) is 10.1 Å². The highest BCUT2D eigenvalue weighted by molar-refractivity contribution is 7.86. The minimum absolute atomic E-state index is 0.0885. The van der Waals surface area contributed by atoms with E-state index >= 15 is 0 Å². The van der Waals surface area contributed by atoms with E-state index in [1.54, 1.807) is 24.3 Å². The van der Waals surface area contributed by atoms with Gasteiger partial charge in [-0.25, -0.2) is 0 Å². The van der Waals surface area contributed by atoms with Crippen LogP contribution >= 0.6 is 0 Å². The van der Waals surface area contributed by atoms with Crippen molar-refractivity contribution in [3.8, 4) is 5.75 Å². The molecule has 0 amide bonds. The Morgan fingerprint density at radius 3 is 2.41 bits per heavy atom. The summed E-state index contributed by atoms with van der Waals surface area (Å²) >= 11 is 0. The Hall–Kier alpha value is -1.89. The quantitative estimate of drug-likeness (QED) is 0.701. The summed E-state index contributed by atoms with van der Waals surface area (Å²) in [5.74, 6) is 0.691. The Labute approximate surface area is 162 Å². The van der Waals surface area contributed by atoms with Crippen LogP contribution in [-0.4, -0.2) is 39.1 Å². The molecule has 146 valence electrons. The fourth-order valence-electron chi connectivity index (χ4n) is 3.51. The van der Waals surface area contributed by atoms with Crippen molar-refractivity contribution in [1.82, 2.24) is 4.90 Å². The highest BCUT2D eigenvalue weighted by Crippen LogP contribution is 2.37. The summed E-state index contributed by atoms with van der Waals surface area (Å²) < 4.78 is 37.5. The first kappa shape index (κ1) is 19.9. The van der Waals surface area contributed by atoms with Crippen LogP contribution in [0.2, 0.25) is 0 Å². The molecule has 0 saturated heterocycles. The third kappa shape index (κ3) is 4.51. The molecule has 2 atom stereocenters. The van der Waals surface area contributed by atoms with Gasteiger partial charge in [-0.15, -0.1) is 0 Å². The van der Waals surface area contributed by atoms with Crippen molar-refractivity contribution >= 4 is 10.1 Å². The van der Waals surface area contributed by atoms with Gasteiger partial charge in [-0.3, -0.25) is 9.08 Å². The van der Waals surface area contributed by atoms with E-state index in [9.17, 15) is 8.42 Å². The second-order valence-electron chi connectivity index (χ2n) is 6.81. The first-order chi connectivity index (χ1) is 12.9. The van der Waals surface area contributed by atoms with Crippen molar-refractivity contribution < 1.29 is 17.3 Å². The summed E-state index contributed by atoms with van der Waals surface area (Å²) in [5.41, 5.74) is 1.78. The number of benzene rings is 2. The third-order valence-electron chi connectivity index (χ3n) is 5.06. The standard InChI is InChI=1S/C21H27NO4S/c1-4-22(5-2)17-14-21(19-8-6-7-9-20(19)25-15-17)26-27(23,24)18-12-10-16(3)11-13-18/h6-13,17,21H,4-5,14-15H2,1-3H3/t17-,21+/m0/s1. The van der Waals surface area contributed by atoms with E-state index in [4.69, 9.17) is 8.92 Å². The topological polar surface area (TPSA) is 55.8 Å². The van der Waals surface area contributed by atoms with Gasteiger partial charge < -0.3 is 4.74 Å². The van der Waals surface area contributed by atoms with Crippen molar-refractivity contribution in [3.63, 3.8) is 0 Å². The molecule has 3 rings (SSSR count). The van der Waals surface area contributed by atoms with E-state index in [-0.39, 0.29) is 10.9 Å². The van der Waals surface area contributed by atoms with Gasteiger partial charge in [0.1, 0.15) is 18.5 Å². The SMILES string of the molecule is CCN(CC)[C@@H]1COc2ccccc2[C@H](OS(=O)(=O)c2ccc(C)cc2)C1. The lowest BCUT2D eigenvalue weighted by atomic mass is 10.0. The number of para-hydroxylation sites is 1. The molecule has 0 bridgehead atoms. The molecule has 0 aromatic heterocycles. The van der Waals surface area contributed by atoms with E-state index < -0.39 is 16.2 Å². The second-order valence-corrected chi connectivity index (χ2v) is 8.38. The number of ether oxygens (including phenoxy) is 1. The van der Waals surface area contributed by atoms with Gasteiger partial charge in [0, 0.05) is 11.6 Å². The molecule has 0 radical (unpaired) electrons. The molecule has 1 aliphatic heterocycles. The summed E-state index contributed by atoms with van der Waals surface area (Å²) in [6, 6.07) is 14.3. The maximum Gasteiger partial charge on any atom is 0.297 e. The van der Waals surface area contributed by atoms with Crippen LogP contribution in [0.1, 0.15) is 37.5 Å². The summed E-state index contributed by atoms with van der Waals surface area (Å²) in [6.45, 7) is 8.38. The molecule has 0 N–H and O–H groups in total. The Balaban J connectivity index is 1.93. The molecule has 0 spiro atoms. The lowest BCUT2D eigenvalue weighted by molar-refractivity contribution is 0.109. The fraction of sp³-hybridized carbons (Fsp3) is 0.429.